The number of ether oxygens (including phenoxy) is 2. The Morgan fingerprint density at radius 3 is 2.78 bits per heavy atom. The van der Waals surface area contributed by atoms with Crippen molar-refractivity contribution in [3.8, 4) is 11.5 Å². The van der Waals surface area contributed by atoms with Crippen molar-refractivity contribution in [2.75, 3.05) is 6.79 Å². The Labute approximate surface area is 222 Å². The number of aliphatic imine (C=N–C) groups is 2. The smallest absolute Gasteiger partial charge is 0.259 e. The highest BCUT2D eigenvalue weighted by molar-refractivity contribution is 8.13. The van der Waals surface area contributed by atoms with Gasteiger partial charge in [-0.1, -0.05) is 59.8 Å². The average molecular weight is 533 g/mol. The molecule has 3 aromatic carbocycles. The molecule has 0 spiro atoms. The van der Waals surface area contributed by atoms with Gasteiger partial charge >= 0.3 is 0 Å². The molecule has 0 saturated carbocycles. The predicted octanol–water partition coefficient (Wildman–Crippen LogP) is 4.67. The van der Waals surface area contributed by atoms with Crippen LogP contribution >= 0.6 is 23.4 Å². The van der Waals surface area contributed by atoms with E-state index in [1.165, 1.54) is 16.7 Å². The van der Waals surface area contributed by atoms with Crippen LogP contribution in [0.3, 0.4) is 0 Å². The molecule has 3 aliphatic rings. The van der Waals surface area contributed by atoms with Crippen molar-refractivity contribution in [2.24, 2.45) is 9.98 Å². The van der Waals surface area contributed by atoms with E-state index in [4.69, 9.17) is 26.1 Å². The SMILES string of the molecule is O=C(C[C@H]1N=C2c3ccccc3N=C(SCc3ccccc3Cl)N2C1=O)NCc1ccc2c(c1)OCO2. The van der Waals surface area contributed by atoms with Gasteiger partial charge in [-0.3, -0.25) is 14.6 Å². The molecule has 0 fully saturated rings. The monoisotopic (exact) mass is 532 g/mol. The minimum absolute atomic E-state index is 0.0615. The summed E-state index contributed by atoms with van der Waals surface area (Å²) in [6, 6.07) is 19.8. The average Bonchev–Trinajstić information content (AvgIpc) is 3.51. The van der Waals surface area contributed by atoms with Crippen LogP contribution in [0.1, 0.15) is 23.1 Å². The van der Waals surface area contributed by atoms with Crippen LogP contribution in [0.2, 0.25) is 5.02 Å². The Balaban J connectivity index is 1.17. The van der Waals surface area contributed by atoms with Crippen molar-refractivity contribution in [1.82, 2.24) is 10.2 Å². The van der Waals surface area contributed by atoms with Gasteiger partial charge < -0.3 is 14.8 Å². The molecule has 0 radical (unpaired) electrons. The molecular formula is C27H21ClN4O4S. The minimum Gasteiger partial charge on any atom is -0.454 e. The Bertz CT molecular complexity index is 1470. The molecule has 8 nitrogen and oxygen atoms in total. The Hall–Kier alpha value is -3.82. The third-order valence-corrected chi connectivity index (χ3v) is 7.52. The fourth-order valence-corrected chi connectivity index (χ4v) is 5.58. The number of amides is 2. The maximum Gasteiger partial charge on any atom is 0.259 e. The molecule has 0 bridgehead atoms. The van der Waals surface area contributed by atoms with E-state index in [0.717, 1.165) is 22.4 Å². The number of benzene rings is 3. The second-order valence-corrected chi connectivity index (χ2v) is 9.95. The lowest BCUT2D eigenvalue weighted by Gasteiger charge is -2.25. The molecule has 0 saturated heterocycles. The van der Waals surface area contributed by atoms with Crippen LogP contribution < -0.4 is 14.8 Å². The van der Waals surface area contributed by atoms with Gasteiger partial charge in [0.05, 0.1) is 12.1 Å². The summed E-state index contributed by atoms with van der Waals surface area (Å²) >= 11 is 7.74. The first kappa shape index (κ1) is 23.6. The summed E-state index contributed by atoms with van der Waals surface area (Å²) in [6.45, 7) is 0.497. The molecular weight excluding hydrogens is 512 g/mol. The summed E-state index contributed by atoms with van der Waals surface area (Å²) < 4.78 is 10.7. The second kappa shape index (κ2) is 9.91. The van der Waals surface area contributed by atoms with Gasteiger partial charge in [0.15, 0.2) is 16.7 Å². The maximum atomic E-state index is 13.5. The van der Waals surface area contributed by atoms with E-state index in [0.29, 0.717) is 39.8 Å². The molecule has 0 aromatic heterocycles. The van der Waals surface area contributed by atoms with Crippen LogP contribution in [-0.2, 0) is 21.9 Å². The van der Waals surface area contributed by atoms with Crippen molar-refractivity contribution in [3.05, 3.63) is 88.4 Å². The third-order valence-electron chi connectivity index (χ3n) is 6.17. The van der Waals surface area contributed by atoms with Crippen molar-refractivity contribution in [3.63, 3.8) is 0 Å². The second-order valence-electron chi connectivity index (χ2n) is 8.60. The van der Waals surface area contributed by atoms with E-state index in [1.54, 1.807) is 0 Å². The number of carbonyl (C=O) groups excluding carboxylic acids is 2. The molecule has 37 heavy (non-hydrogen) atoms. The van der Waals surface area contributed by atoms with Crippen LogP contribution in [0.25, 0.3) is 0 Å². The lowest BCUT2D eigenvalue weighted by atomic mass is 10.1. The predicted molar refractivity (Wildman–Crippen MR) is 142 cm³/mol. The first-order chi connectivity index (χ1) is 18.1. The van der Waals surface area contributed by atoms with Gasteiger partial charge in [-0.15, -0.1) is 0 Å². The Kier molecular flexibility index (Phi) is 6.31. The summed E-state index contributed by atoms with van der Waals surface area (Å²) in [5.41, 5.74) is 3.32. The number of halogens is 1. The van der Waals surface area contributed by atoms with E-state index >= 15 is 0 Å². The number of fused-ring (bicyclic) bond motifs is 4. The molecule has 10 heteroatoms. The summed E-state index contributed by atoms with van der Waals surface area (Å²) in [4.78, 5) is 37.2. The van der Waals surface area contributed by atoms with Gasteiger partial charge in [0, 0.05) is 22.9 Å². The number of hydrogen-bond acceptors (Lipinski definition) is 7. The molecule has 186 valence electrons. The van der Waals surface area contributed by atoms with Gasteiger partial charge in [0.1, 0.15) is 11.9 Å². The van der Waals surface area contributed by atoms with Crippen molar-refractivity contribution in [1.29, 1.82) is 0 Å². The van der Waals surface area contributed by atoms with E-state index in [9.17, 15) is 9.59 Å². The molecule has 6 rings (SSSR count). The highest BCUT2D eigenvalue weighted by atomic mass is 35.5. The highest BCUT2D eigenvalue weighted by Crippen LogP contribution is 2.36. The quantitative estimate of drug-likeness (QED) is 0.498. The van der Waals surface area contributed by atoms with Crippen LogP contribution in [0, 0.1) is 0 Å². The molecule has 0 unspecified atom stereocenters. The summed E-state index contributed by atoms with van der Waals surface area (Å²) in [7, 11) is 0. The molecule has 3 heterocycles. The first-order valence-corrected chi connectivity index (χ1v) is 13.0. The number of thioether (sulfide) groups is 1. The lowest BCUT2D eigenvalue weighted by Crippen LogP contribution is -2.42. The summed E-state index contributed by atoms with van der Waals surface area (Å²) in [6.07, 6.45) is -0.0615. The Morgan fingerprint density at radius 1 is 1.08 bits per heavy atom. The summed E-state index contributed by atoms with van der Waals surface area (Å²) in [5, 5.41) is 4.05. The molecule has 2 amide bonds. The van der Waals surface area contributed by atoms with Crippen molar-refractivity contribution < 1.29 is 19.1 Å². The summed E-state index contributed by atoms with van der Waals surface area (Å²) in [5.74, 6) is 1.86. The van der Waals surface area contributed by atoms with Gasteiger partial charge in [0.2, 0.25) is 12.7 Å². The third kappa shape index (κ3) is 4.68. The van der Waals surface area contributed by atoms with Crippen molar-refractivity contribution >= 4 is 51.9 Å². The first-order valence-electron chi connectivity index (χ1n) is 11.7. The van der Waals surface area contributed by atoms with E-state index in [2.05, 4.69) is 10.3 Å². The van der Waals surface area contributed by atoms with Gasteiger partial charge in [-0.05, 0) is 41.5 Å². The van der Waals surface area contributed by atoms with Gasteiger partial charge in [-0.25, -0.2) is 9.89 Å². The zero-order valence-corrected chi connectivity index (χ0v) is 21.1. The van der Waals surface area contributed by atoms with Gasteiger partial charge in [-0.2, -0.15) is 0 Å². The van der Waals surface area contributed by atoms with Crippen LogP contribution in [0.4, 0.5) is 5.69 Å². The number of carbonyl (C=O) groups is 2. The minimum atomic E-state index is -0.830. The van der Waals surface area contributed by atoms with Crippen LogP contribution in [0.5, 0.6) is 11.5 Å². The maximum absolute atomic E-state index is 13.5. The molecule has 1 atom stereocenters. The van der Waals surface area contributed by atoms with E-state index in [1.807, 2.05) is 66.7 Å². The fourth-order valence-electron chi connectivity index (χ4n) is 4.29. The molecule has 3 aromatic rings. The highest BCUT2D eigenvalue weighted by Gasteiger charge is 2.42. The zero-order valence-electron chi connectivity index (χ0n) is 19.5. The fraction of sp³-hybridized carbons (Fsp3) is 0.185. The molecule has 0 aliphatic carbocycles. The molecule has 1 N–H and O–H groups in total. The number of amidine groups is 2. The van der Waals surface area contributed by atoms with E-state index < -0.39 is 6.04 Å². The van der Waals surface area contributed by atoms with E-state index in [-0.39, 0.29) is 25.0 Å². The van der Waals surface area contributed by atoms with Crippen LogP contribution in [-0.4, -0.2) is 40.6 Å². The normalized spacial score (nSPS) is 17.2. The number of nitrogens with zero attached hydrogens (tertiary/aromatic N) is 3. The standard InChI is InChI=1S/C27H21ClN4O4S/c28-19-7-3-1-5-17(19)14-37-27-31-20-8-4-2-6-18(20)25-30-21(26(34)32(25)27)12-24(33)29-13-16-9-10-22-23(11-16)36-15-35-22/h1-11,21H,12-15H2,(H,29,33)/t21-/m1/s1. The molecule has 3 aliphatic heterocycles. The number of rotatable bonds is 6. The zero-order chi connectivity index (χ0) is 25.4. The number of nitrogens with one attached hydrogen (secondary N) is 1. The largest absolute Gasteiger partial charge is 0.454 e. The topological polar surface area (TPSA) is 92.6 Å². The number of para-hydroxylation sites is 1. The number of hydrogen-bond donors (Lipinski definition) is 1. The van der Waals surface area contributed by atoms with Crippen molar-refractivity contribution in [2.45, 2.75) is 24.8 Å². The lowest BCUT2D eigenvalue weighted by molar-refractivity contribution is -0.128. The Morgan fingerprint density at radius 2 is 1.89 bits per heavy atom. The van der Waals surface area contributed by atoms with Gasteiger partial charge in [0.25, 0.3) is 5.91 Å². The van der Waals surface area contributed by atoms with Crippen LogP contribution in [0.15, 0.2) is 76.7 Å².